The Morgan fingerprint density at radius 2 is 2.00 bits per heavy atom. The number of hydrogen-bond donors (Lipinski definition) is 0. The maximum Gasteiger partial charge on any atom is 0.129 e. The number of aryl methyl sites for hydroxylation is 1. The SMILES string of the molecule is CCCC1CCN(c2cc(CCl)cc(CC)n2)CC1. The minimum absolute atomic E-state index is 0.578. The van der Waals surface area contributed by atoms with Crippen molar-refractivity contribution in [3.8, 4) is 0 Å². The quantitative estimate of drug-likeness (QED) is 0.743. The van der Waals surface area contributed by atoms with Gasteiger partial charge in [0.15, 0.2) is 0 Å². The zero-order chi connectivity index (χ0) is 13.7. The summed E-state index contributed by atoms with van der Waals surface area (Å²) in [6.45, 7) is 6.72. The molecule has 0 bridgehead atoms. The summed E-state index contributed by atoms with van der Waals surface area (Å²) in [6, 6.07) is 4.28. The molecule has 1 saturated heterocycles. The van der Waals surface area contributed by atoms with Gasteiger partial charge in [0.2, 0.25) is 0 Å². The largest absolute Gasteiger partial charge is 0.357 e. The second-order valence-corrected chi connectivity index (χ2v) is 5.80. The first-order valence-electron chi connectivity index (χ1n) is 7.57. The molecule has 1 aromatic rings. The molecule has 106 valence electrons. The van der Waals surface area contributed by atoms with Crippen LogP contribution in [0.5, 0.6) is 0 Å². The number of piperidine rings is 1. The average molecular weight is 281 g/mol. The predicted octanol–water partition coefficient (Wildman–Crippen LogP) is 4.40. The van der Waals surface area contributed by atoms with Crippen molar-refractivity contribution < 1.29 is 0 Å². The van der Waals surface area contributed by atoms with Gasteiger partial charge in [-0.05, 0) is 42.9 Å². The Hall–Kier alpha value is -0.760. The lowest BCUT2D eigenvalue weighted by Gasteiger charge is -2.33. The summed E-state index contributed by atoms with van der Waals surface area (Å²) < 4.78 is 0. The van der Waals surface area contributed by atoms with E-state index in [2.05, 4.69) is 30.9 Å². The molecule has 2 heterocycles. The van der Waals surface area contributed by atoms with Crippen LogP contribution in [0.3, 0.4) is 0 Å². The van der Waals surface area contributed by atoms with Crippen LogP contribution in [0.15, 0.2) is 12.1 Å². The summed E-state index contributed by atoms with van der Waals surface area (Å²) >= 11 is 5.98. The van der Waals surface area contributed by atoms with Crippen LogP contribution in [0.1, 0.15) is 50.8 Å². The summed E-state index contributed by atoms with van der Waals surface area (Å²) in [5, 5.41) is 0. The molecule has 0 aliphatic carbocycles. The molecule has 1 aliphatic heterocycles. The highest BCUT2D eigenvalue weighted by atomic mass is 35.5. The molecule has 0 N–H and O–H groups in total. The molecule has 0 spiro atoms. The van der Waals surface area contributed by atoms with E-state index >= 15 is 0 Å². The number of nitrogens with zero attached hydrogens (tertiary/aromatic N) is 2. The number of anilines is 1. The molecule has 0 atom stereocenters. The normalized spacial score (nSPS) is 16.9. The van der Waals surface area contributed by atoms with Gasteiger partial charge in [-0.1, -0.05) is 26.7 Å². The van der Waals surface area contributed by atoms with Gasteiger partial charge in [-0.3, -0.25) is 0 Å². The lowest BCUT2D eigenvalue weighted by Crippen LogP contribution is -2.34. The van der Waals surface area contributed by atoms with Crippen molar-refractivity contribution in [3.63, 3.8) is 0 Å². The molecule has 0 unspecified atom stereocenters. The van der Waals surface area contributed by atoms with Gasteiger partial charge in [0.25, 0.3) is 0 Å². The third-order valence-electron chi connectivity index (χ3n) is 4.08. The van der Waals surface area contributed by atoms with E-state index in [-0.39, 0.29) is 0 Å². The third-order valence-corrected chi connectivity index (χ3v) is 4.39. The van der Waals surface area contributed by atoms with Gasteiger partial charge in [0.1, 0.15) is 5.82 Å². The number of hydrogen-bond acceptors (Lipinski definition) is 2. The van der Waals surface area contributed by atoms with E-state index in [9.17, 15) is 0 Å². The van der Waals surface area contributed by atoms with Gasteiger partial charge < -0.3 is 4.90 Å². The van der Waals surface area contributed by atoms with Crippen LogP contribution in [-0.4, -0.2) is 18.1 Å². The summed E-state index contributed by atoms with van der Waals surface area (Å²) in [5.74, 6) is 2.63. The number of aromatic nitrogens is 1. The lowest BCUT2D eigenvalue weighted by atomic mass is 9.92. The van der Waals surface area contributed by atoms with Crippen LogP contribution in [0.2, 0.25) is 0 Å². The van der Waals surface area contributed by atoms with Gasteiger partial charge in [0, 0.05) is 24.7 Å². The van der Waals surface area contributed by atoms with Gasteiger partial charge in [-0.15, -0.1) is 11.6 Å². The van der Waals surface area contributed by atoms with Gasteiger partial charge in [-0.2, -0.15) is 0 Å². The van der Waals surface area contributed by atoms with E-state index in [0.717, 1.165) is 36.9 Å². The molecule has 1 fully saturated rings. The first kappa shape index (κ1) is 14.6. The predicted molar refractivity (Wildman–Crippen MR) is 83.0 cm³/mol. The second-order valence-electron chi connectivity index (χ2n) is 5.53. The van der Waals surface area contributed by atoms with Crippen molar-refractivity contribution in [2.45, 2.75) is 51.8 Å². The molecule has 1 aromatic heterocycles. The smallest absolute Gasteiger partial charge is 0.129 e. The Balaban J connectivity index is 2.06. The fourth-order valence-electron chi connectivity index (χ4n) is 2.91. The molecule has 2 nitrogen and oxygen atoms in total. The van der Waals surface area contributed by atoms with Crippen molar-refractivity contribution in [1.82, 2.24) is 4.98 Å². The molecule has 0 radical (unpaired) electrons. The Bertz CT molecular complexity index is 375. The topological polar surface area (TPSA) is 16.1 Å². The van der Waals surface area contributed by atoms with Gasteiger partial charge in [0.05, 0.1) is 0 Å². The van der Waals surface area contributed by atoms with Crippen molar-refractivity contribution in [1.29, 1.82) is 0 Å². The maximum absolute atomic E-state index is 5.98. The maximum atomic E-state index is 5.98. The molecule has 3 heteroatoms. The number of rotatable bonds is 5. The number of alkyl halides is 1. The molecule has 2 rings (SSSR count). The zero-order valence-electron chi connectivity index (χ0n) is 12.2. The third kappa shape index (κ3) is 3.85. The summed E-state index contributed by atoms with van der Waals surface area (Å²) in [6.07, 6.45) is 6.28. The van der Waals surface area contributed by atoms with E-state index < -0.39 is 0 Å². The zero-order valence-corrected chi connectivity index (χ0v) is 12.9. The van der Waals surface area contributed by atoms with Crippen LogP contribution >= 0.6 is 11.6 Å². The Morgan fingerprint density at radius 1 is 1.26 bits per heavy atom. The molecule has 1 aliphatic rings. The summed E-state index contributed by atoms with van der Waals surface area (Å²) in [4.78, 5) is 7.19. The fourth-order valence-corrected chi connectivity index (χ4v) is 3.07. The highest BCUT2D eigenvalue weighted by molar-refractivity contribution is 6.17. The van der Waals surface area contributed by atoms with Crippen LogP contribution in [0, 0.1) is 5.92 Å². The van der Waals surface area contributed by atoms with Crippen LogP contribution < -0.4 is 4.90 Å². The van der Waals surface area contributed by atoms with Crippen molar-refractivity contribution in [3.05, 3.63) is 23.4 Å². The fraction of sp³-hybridized carbons (Fsp3) is 0.688. The van der Waals surface area contributed by atoms with Crippen LogP contribution in [0.4, 0.5) is 5.82 Å². The van der Waals surface area contributed by atoms with E-state index in [0.29, 0.717) is 5.88 Å². The van der Waals surface area contributed by atoms with Crippen LogP contribution in [-0.2, 0) is 12.3 Å². The van der Waals surface area contributed by atoms with E-state index in [1.807, 2.05) is 0 Å². The van der Waals surface area contributed by atoms with Crippen LogP contribution in [0.25, 0.3) is 0 Å². The highest BCUT2D eigenvalue weighted by Gasteiger charge is 2.19. The molecule has 0 aromatic carbocycles. The monoisotopic (exact) mass is 280 g/mol. The minimum Gasteiger partial charge on any atom is -0.357 e. The molecule has 0 saturated carbocycles. The second kappa shape index (κ2) is 7.14. The van der Waals surface area contributed by atoms with Crippen molar-refractivity contribution in [2.75, 3.05) is 18.0 Å². The van der Waals surface area contributed by atoms with Crippen molar-refractivity contribution >= 4 is 17.4 Å². The molecular formula is C16H25ClN2. The Morgan fingerprint density at radius 3 is 2.58 bits per heavy atom. The van der Waals surface area contributed by atoms with Gasteiger partial charge >= 0.3 is 0 Å². The van der Waals surface area contributed by atoms with E-state index in [1.54, 1.807) is 0 Å². The van der Waals surface area contributed by atoms with Crippen molar-refractivity contribution in [2.24, 2.45) is 5.92 Å². The van der Waals surface area contributed by atoms with E-state index in [4.69, 9.17) is 16.6 Å². The average Bonchev–Trinajstić information content (AvgIpc) is 2.47. The Kier molecular flexibility index (Phi) is 5.50. The first-order chi connectivity index (χ1) is 9.26. The molecule has 0 amide bonds. The van der Waals surface area contributed by atoms with E-state index in [1.165, 1.54) is 31.2 Å². The number of pyridine rings is 1. The highest BCUT2D eigenvalue weighted by Crippen LogP contribution is 2.26. The standard InChI is InChI=1S/C16H25ClN2/c1-3-5-13-6-8-19(9-7-13)16-11-14(12-17)10-15(4-2)18-16/h10-11,13H,3-9,12H2,1-2H3. The Labute approximate surface area is 122 Å². The molecule has 19 heavy (non-hydrogen) atoms. The first-order valence-corrected chi connectivity index (χ1v) is 8.11. The summed E-state index contributed by atoms with van der Waals surface area (Å²) in [7, 11) is 0. The number of halogens is 1. The molecular weight excluding hydrogens is 256 g/mol. The lowest BCUT2D eigenvalue weighted by molar-refractivity contribution is 0.377. The van der Waals surface area contributed by atoms with Gasteiger partial charge in [-0.25, -0.2) is 4.98 Å². The summed E-state index contributed by atoms with van der Waals surface area (Å²) in [5.41, 5.74) is 2.35. The minimum atomic E-state index is 0.578.